The molecule has 20 heavy (non-hydrogen) atoms. The van der Waals surface area contributed by atoms with Gasteiger partial charge in [0.1, 0.15) is 5.75 Å². The molecular formula is C14H14BrNO3S. The standard InChI is InChI=1S/C14H14BrNO3S/c1-16(10-11-3-2-4-13(17)9-11)20(18,19)14-7-5-12(15)6-8-14/h2-9,17H,10H2,1H3. The molecule has 0 fully saturated rings. The Hall–Kier alpha value is -1.37. The van der Waals surface area contributed by atoms with Crippen molar-refractivity contribution in [3.63, 3.8) is 0 Å². The highest BCUT2D eigenvalue weighted by Crippen LogP contribution is 2.20. The van der Waals surface area contributed by atoms with Crippen molar-refractivity contribution < 1.29 is 13.5 Å². The molecule has 0 saturated carbocycles. The van der Waals surface area contributed by atoms with Gasteiger partial charge in [0.2, 0.25) is 10.0 Å². The van der Waals surface area contributed by atoms with Gasteiger partial charge in [0.25, 0.3) is 0 Å². The van der Waals surface area contributed by atoms with Crippen molar-refractivity contribution in [2.24, 2.45) is 0 Å². The zero-order chi connectivity index (χ0) is 14.8. The molecule has 0 aromatic heterocycles. The van der Waals surface area contributed by atoms with E-state index in [0.717, 1.165) is 10.0 Å². The average molecular weight is 356 g/mol. The van der Waals surface area contributed by atoms with Crippen LogP contribution >= 0.6 is 15.9 Å². The molecule has 0 radical (unpaired) electrons. The first-order valence-electron chi connectivity index (χ1n) is 5.89. The van der Waals surface area contributed by atoms with Gasteiger partial charge in [-0.15, -0.1) is 0 Å². The Balaban J connectivity index is 2.23. The number of hydrogen-bond donors (Lipinski definition) is 1. The number of aromatic hydroxyl groups is 1. The molecule has 0 aliphatic rings. The third kappa shape index (κ3) is 3.39. The molecule has 0 heterocycles. The van der Waals surface area contributed by atoms with Crippen LogP contribution in [0.4, 0.5) is 0 Å². The molecule has 0 unspecified atom stereocenters. The predicted octanol–water partition coefficient (Wildman–Crippen LogP) is 2.98. The summed E-state index contributed by atoms with van der Waals surface area (Å²) in [7, 11) is -2.02. The van der Waals surface area contributed by atoms with Crippen LogP contribution in [0.1, 0.15) is 5.56 Å². The van der Waals surface area contributed by atoms with Crippen LogP contribution in [0.5, 0.6) is 5.75 Å². The Bertz CT molecular complexity index is 699. The molecule has 106 valence electrons. The number of phenols is 1. The lowest BCUT2D eigenvalue weighted by Gasteiger charge is -2.17. The number of halogens is 1. The van der Waals surface area contributed by atoms with E-state index in [9.17, 15) is 13.5 Å². The van der Waals surface area contributed by atoms with Crippen molar-refractivity contribution in [3.8, 4) is 5.75 Å². The third-order valence-electron chi connectivity index (χ3n) is 2.84. The fraction of sp³-hybridized carbons (Fsp3) is 0.143. The molecule has 1 N–H and O–H groups in total. The number of sulfonamides is 1. The summed E-state index contributed by atoms with van der Waals surface area (Å²) in [6.45, 7) is 0.201. The highest BCUT2D eigenvalue weighted by Gasteiger charge is 2.20. The van der Waals surface area contributed by atoms with E-state index in [-0.39, 0.29) is 17.2 Å². The van der Waals surface area contributed by atoms with Gasteiger partial charge in [-0.05, 0) is 42.0 Å². The smallest absolute Gasteiger partial charge is 0.243 e. The van der Waals surface area contributed by atoms with Crippen molar-refractivity contribution in [2.75, 3.05) is 7.05 Å². The maximum absolute atomic E-state index is 12.4. The van der Waals surface area contributed by atoms with Crippen molar-refractivity contribution in [1.82, 2.24) is 4.31 Å². The van der Waals surface area contributed by atoms with E-state index < -0.39 is 10.0 Å². The minimum Gasteiger partial charge on any atom is -0.508 e. The molecule has 2 rings (SSSR count). The van der Waals surface area contributed by atoms with Gasteiger partial charge in [0.05, 0.1) is 4.90 Å². The first-order chi connectivity index (χ1) is 9.39. The van der Waals surface area contributed by atoms with Gasteiger partial charge in [-0.25, -0.2) is 8.42 Å². The SMILES string of the molecule is CN(Cc1cccc(O)c1)S(=O)(=O)c1ccc(Br)cc1. The molecule has 2 aromatic rings. The van der Waals surface area contributed by atoms with Gasteiger partial charge in [-0.1, -0.05) is 28.1 Å². The highest BCUT2D eigenvalue weighted by molar-refractivity contribution is 9.10. The minimum atomic E-state index is -3.54. The Morgan fingerprint density at radius 1 is 1.15 bits per heavy atom. The molecule has 6 heteroatoms. The third-order valence-corrected chi connectivity index (χ3v) is 5.18. The lowest BCUT2D eigenvalue weighted by atomic mass is 10.2. The molecule has 2 aromatic carbocycles. The first-order valence-corrected chi connectivity index (χ1v) is 8.13. The van der Waals surface area contributed by atoms with E-state index in [2.05, 4.69) is 15.9 Å². The molecule has 0 aliphatic heterocycles. The highest BCUT2D eigenvalue weighted by atomic mass is 79.9. The topological polar surface area (TPSA) is 57.6 Å². The van der Waals surface area contributed by atoms with Crippen LogP contribution in [-0.2, 0) is 16.6 Å². The number of nitrogens with zero attached hydrogens (tertiary/aromatic N) is 1. The maximum Gasteiger partial charge on any atom is 0.243 e. The second-order valence-corrected chi connectivity index (χ2v) is 7.35. The summed E-state index contributed by atoms with van der Waals surface area (Å²) in [4.78, 5) is 0.239. The van der Waals surface area contributed by atoms with Crippen LogP contribution < -0.4 is 0 Å². The minimum absolute atomic E-state index is 0.122. The predicted molar refractivity (Wildman–Crippen MR) is 80.9 cm³/mol. The number of hydrogen-bond acceptors (Lipinski definition) is 3. The Kier molecular flexibility index (Phi) is 4.47. The zero-order valence-electron chi connectivity index (χ0n) is 10.8. The van der Waals surface area contributed by atoms with E-state index in [1.165, 1.54) is 11.4 Å². The molecule has 0 amide bonds. The summed E-state index contributed by atoms with van der Waals surface area (Å²) in [5.74, 6) is 0.122. The molecule has 4 nitrogen and oxygen atoms in total. The van der Waals surface area contributed by atoms with Crippen LogP contribution in [0, 0.1) is 0 Å². The number of phenolic OH excluding ortho intramolecular Hbond substituents is 1. The van der Waals surface area contributed by atoms with Gasteiger partial charge in [0.15, 0.2) is 0 Å². The molecule has 0 bridgehead atoms. The van der Waals surface area contributed by atoms with Crippen molar-refractivity contribution >= 4 is 26.0 Å². The summed E-state index contributed by atoms with van der Waals surface area (Å²) in [6.07, 6.45) is 0. The molecular weight excluding hydrogens is 342 g/mol. The Morgan fingerprint density at radius 2 is 1.80 bits per heavy atom. The van der Waals surface area contributed by atoms with E-state index in [1.54, 1.807) is 48.5 Å². The quantitative estimate of drug-likeness (QED) is 0.916. The summed E-state index contributed by atoms with van der Waals surface area (Å²) in [5.41, 5.74) is 0.730. The fourth-order valence-corrected chi connectivity index (χ4v) is 3.21. The molecule has 0 spiro atoms. The van der Waals surface area contributed by atoms with Crippen LogP contribution in [-0.4, -0.2) is 24.9 Å². The monoisotopic (exact) mass is 355 g/mol. The maximum atomic E-state index is 12.4. The summed E-state index contributed by atoms with van der Waals surface area (Å²) >= 11 is 3.27. The normalized spacial score (nSPS) is 11.8. The summed E-state index contributed by atoms with van der Waals surface area (Å²) in [5, 5.41) is 9.40. The zero-order valence-corrected chi connectivity index (χ0v) is 13.2. The second-order valence-electron chi connectivity index (χ2n) is 4.38. The number of rotatable bonds is 4. The Labute approximate surface area is 126 Å². The summed E-state index contributed by atoms with van der Waals surface area (Å²) < 4.78 is 26.8. The van der Waals surface area contributed by atoms with Gasteiger partial charge < -0.3 is 5.11 Å². The van der Waals surface area contributed by atoms with Gasteiger partial charge in [-0.2, -0.15) is 4.31 Å². The largest absolute Gasteiger partial charge is 0.508 e. The van der Waals surface area contributed by atoms with Gasteiger partial charge >= 0.3 is 0 Å². The van der Waals surface area contributed by atoms with Crippen molar-refractivity contribution in [3.05, 3.63) is 58.6 Å². The van der Waals surface area contributed by atoms with Crippen LogP contribution in [0.2, 0.25) is 0 Å². The van der Waals surface area contributed by atoms with E-state index in [0.29, 0.717) is 0 Å². The second kappa shape index (κ2) is 5.95. The molecule has 0 saturated heterocycles. The average Bonchev–Trinajstić information content (AvgIpc) is 2.39. The number of benzene rings is 2. The van der Waals surface area contributed by atoms with Crippen LogP contribution in [0.15, 0.2) is 57.9 Å². The van der Waals surface area contributed by atoms with Gasteiger partial charge in [-0.3, -0.25) is 0 Å². The van der Waals surface area contributed by atoms with Crippen molar-refractivity contribution in [1.29, 1.82) is 0 Å². The van der Waals surface area contributed by atoms with E-state index >= 15 is 0 Å². The fourth-order valence-electron chi connectivity index (χ4n) is 1.78. The van der Waals surface area contributed by atoms with E-state index in [1.807, 2.05) is 0 Å². The van der Waals surface area contributed by atoms with Crippen LogP contribution in [0.3, 0.4) is 0 Å². The first kappa shape index (κ1) is 15.0. The Morgan fingerprint density at radius 3 is 2.40 bits per heavy atom. The lowest BCUT2D eigenvalue weighted by Crippen LogP contribution is -2.26. The van der Waals surface area contributed by atoms with Crippen LogP contribution in [0.25, 0.3) is 0 Å². The lowest BCUT2D eigenvalue weighted by molar-refractivity contribution is 0.458. The molecule has 0 aliphatic carbocycles. The van der Waals surface area contributed by atoms with E-state index in [4.69, 9.17) is 0 Å². The molecule has 0 atom stereocenters. The van der Waals surface area contributed by atoms with Crippen molar-refractivity contribution in [2.45, 2.75) is 11.4 Å². The summed E-state index contributed by atoms with van der Waals surface area (Å²) in [6, 6.07) is 13.0. The van der Waals surface area contributed by atoms with Gasteiger partial charge in [0, 0.05) is 18.1 Å².